The predicted octanol–water partition coefficient (Wildman–Crippen LogP) is 0.161. The van der Waals surface area contributed by atoms with Gasteiger partial charge in [-0.1, -0.05) is 13.3 Å². The third kappa shape index (κ3) is 5.68. The van der Waals surface area contributed by atoms with Crippen LogP contribution in [0, 0.1) is 0 Å². The molecule has 0 aromatic heterocycles. The number of carbonyl (C=O) groups excluding carboxylic acids is 2. The van der Waals surface area contributed by atoms with Gasteiger partial charge >= 0.3 is 0 Å². The second kappa shape index (κ2) is 8.06. The summed E-state index contributed by atoms with van der Waals surface area (Å²) < 4.78 is 0. The number of piperidine rings is 1. The van der Waals surface area contributed by atoms with E-state index in [1.807, 2.05) is 6.92 Å². The first-order valence-corrected chi connectivity index (χ1v) is 6.52. The SMILES string of the molecule is CCCNC(=O)CCNC(=O)[C@@H]1CCCCN1. The van der Waals surface area contributed by atoms with E-state index in [1.54, 1.807) is 0 Å². The number of nitrogens with one attached hydrogen (secondary N) is 3. The van der Waals surface area contributed by atoms with Gasteiger partial charge in [-0.2, -0.15) is 0 Å². The van der Waals surface area contributed by atoms with E-state index in [2.05, 4.69) is 16.0 Å². The Labute approximate surface area is 103 Å². The van der Waals surface area contributed by atoms with Crippen molar-refractivity contribution in [2.45, 2.75) is 45.1 Å². The third-order valence-corrected chi connectivity index (χ3v) is 2.85. The molecular weight excluding hydrogens is 218 g/mol. The first-order valence-electron chi connectivity index (χ1n) is 6.52. The molecule has 1 aliphatic heterocycles. The summed E-state index contributed by atoms with van der Waals surface area (Å²) >= 11 is 0. The molecule has 0 radical (unpaired) electrons. The van der Waals surface area contributed by atoms with E-state index < -0.39 is 0 Å². The van der Waals surface area contributed by atoms with E-state index in [0.717, 1.165) is 32.2 Å². The van der Waals surface area contributed by atoms with Crippen LogP contribution in [-0.4, -0.2) is 37.5 Å². The van der Waals surface area contributed by atoms with Crippen molar-refractivity contribution in [1.82, 2.24) is 16.0 Å². The first-order chi connectivity index (χ1) is 8.24. The quantitative estimate of drug-likeness (QED) is 0.620. The predicted molar refractivity (Wildman–Crippen MR) is 66.6 cm³/mol. The smallest absolute Gasteiger partial charge is 0.237 e. The van der Waals surface area contributed by atoms with E-state index >= 15 is 0 Å². The van der Waals surface area contributed by atoms with Crippen LogP contribution < -0.4 is 16.0 Å². The molecule has 3 N–H and O–H groups in total. The van der Waals surface area contributed by atoms with Gasteiger partial charge < -0.3 is 16.0 Å². The summed E-state index contributed by atoms with van der Waals surface area (Å²) in [6.07, 6.45) is 4.43. The lowest BCUT2D eigenvalue weighted by Gasteiger charge is -2.22. The summed E-state index contributed by atoms with van der Waals surface area (Å²) in [5.41, 5.74) is 0. The zero-order valence-electron chi connectivity index (χ0n) is 10.6. The highest BCUT2D eigenvalue weighted by atomic mass is 16.2. The number of rotatable bonds is 6. The molecule has 5 nitrogen and oxygen atoms in total. The Hall–Kier alpha value is -1.10. The largest absolute Gasteiger partial charge is 0.356 e. The maximum absolute atomic E-state index is 11.7. The normalized spacial score (nSPS) is 19.7. The van der Waals surface area contributed by atoms with Crippen LogP contribution in [0.1, 0.15) is 39.0 Å². The molecule has 17 heavy (non-hydrogen) atoms. The fourth-order valence-electron chi connectivity index (χ4n) is 1.85. The highest BCUT2D eigenvalue weighted by Gasteiger charge is 2.19. The fourth-order valence-corrected chi connectivity index (χ4v) is 1.85. The molecule has 1 aliphatic rings. The van der Waals surface area contributed by atoms with Gasteiger partial charge in [0, 0.05) is 19.5 Å². The Morgan fingerprint density at radius 1 is 1.24 bits per heavy atom. The molecule has 1 saturated heterocycles. The molecule has 0 aromatic rings. The van der Waals surface area contributed by atoms with Crippen LogP contribution in [-0.2, 0) is 9.59 Å². The number of amides is 2. The van der Waals surface area contributed by atoms with Gasteiger partial charge in [-0.05, 0) is 25.8 Å². The van der Waals surface area contributed by atoms with Crippen LogP contribution in [0.4, 0.5) is 0 Å². The summed E-state index contributed by atoms with van der Waals surface area (Å²) in [7, 11) is 0. The lowest BCUT2D eigenvalue weighted by molar-refractivity contribution is -0.124. The van der Waals surface area contributed by atoms with Gasteiger partial charge in [-0.15, -0.1) is 0 Å². The van der Waals surface area contributed by atoms with Crippen LogP contribution in [0.2, 0.25) is 0 Å². The number of carbonyl (C=O) groups is 2. The average molecular weight is 241 g/mol. The van der Waals surface area contributed by atoms with Gasteiger partial charge in [-0.3, -0.25) is 9.59 Å². The van der Waals surface area contributed by atoms with Crippen molar-refractivity contribution in [2.24, 2.45) is 0 Å². The van der Waals surface area contributed by atoms with Crippen LogP contribution in [0.25, 0.3) is 0 Å². The van der Waals surface area contributed by atoms with E-state index in [9.17, 15) is 9.59 Å². The molecule has 0 bridgehead atoms. The second-order valence-corrected chi connectivity index (χ2v) is 4.39. The molecule has 5 heteroatoms. The van der Waals surface area contributed by atoms with Crippen molar-refractivity contribution in [3.05, 3.63) is 0 Å². The Kier molecular flexibility index (Phi) is 6.62. The lowest BCUT2D eigenvalue weighted by Crippen LogP contribution is -2.47. The Morgan fingerprint density at radius 3 is 2.71 bits per heavy atom. The van der Waals surface area contributed by atoms with Gasteiger partial charge in [0.05, 0.1) is 6.04 Å². The van der Waals surface area contributed by atoms with Crippen LogP contribution in [0.5, 0.6) is 0 Å². The molecule has 2 amide bonds. The van der Waals surface area contributed by atoms with Crippen molar-refractivity contribution in [3.8, 4) is 0 Å². The number of hydrogen-bond donors (Lipinski definition) is 3. The van der Waals surface area contributed by atoms with E-state index in [0.29, 0.717) is 19.5 Å². The highest BCUT2D eigenvalue weighted by Crippen LogP contribution is 2.06. The molecule has 0 saturated carbocycles. The first kappa shape index (κ1) is 14.0. The van der Waals surface area contributed by atoms with Crippen molar-refractivity contribution in [3.63, 3.8) is 0 Å². The van der Waals surface area contributed by atoms with Gasteiger partial charge in [0.15, 0.2) is 0 Å². The molecule has 1 fully saturated rings. The zero-order chi connectivity index (χ0) is 12.5. The Bertz CT molecular complexity index is 250. The molecule has 98 valence electrons. The molecule has 0 aromatic carbocycles. The van der Waals surface area contributed by atoms with Crippen molar-refractivity contribution in [2.75, 3.05) is 19.6 Å². The lowest BCUT2D eigenvalue weighted by atomic mass is 10.0. The molecular formula is C12H23N3O2. The summed E-state index contributed by atoms with van der Waals surface area (Å²) in [6.45, 7) is 4.05. The van der Waals surface area contributed by atoms with Gasteiger partial charge in [0.25, 0.3) is 0 Å². The van der Waals surface area contributed by atoms with Crippen molar-refractivity contribution >= 4 is 11.8 Å². The molecule has 0 spiro atoms. The Morgan fingerprint density at radius 2 is 2.06 bits per heavy atom. The van der Waals surface area contributed by atoms with Crippen molar-refractivity contribution < 1.29 is 9.59 Å². The minimum absolute atomic E-state index is 0.00348. The molecule has 1 rings (SSSR count). The Balaban J connectivity index is 2.08. The second-order valence-electron chi connectivity index (χ2n) is 4.39. The van der Waals surface area contributed by atoms with Crippen LogP contribution >= 0.6 is 0 Å². The molecule has 1 atom stereocenters. The van der Waals surface area contributed by atoms with Crippen LogP contribution in [0.3, 0.4) is 0 Å². The topological polar surface area (TPSA) is 70.2 Å². The molecule has 0 unspecified atom stereocenters. The molecule has 1 heterocycles. The summed E-state index contributed by atoms with van der Waals surface area (Å²) in [5.74, 6) is 0.0248. The van der Waals surface area contributed by atoms with Gasteiger partial charge in [-0.25, -0.2) is 0 Å². The monoisotopic (exact) mass is 241 g/mol. The summed E-state index contributed by atoms with van der Waals surface area (Å²) in [4.78, 5) is 23.0. The fraction of sp³-hybridized carbons (Fsp3) is 0.833. The van der Waals surface area contributed by atoms with E-state index in [4.69, 9.17) is 0 Å². The summed E-state index contributed by atoms with van der Waals surface area (Å²) in [5, 5.41) is 8.76. The maximum atomic E-state index is 11.7. The van der Waals surface area contributed by atoms with E-state index in [1.165, 1.54) is 0 Å². The van der Waals surface area contributed by atoms with Gasteiger partial charge in [0.1, 0.15) is 0 Å². The minimum atomic E-state index is -0.0672. The number of hydrogen-bond acceptors (Lipinski definition) is 3. The van der Waals surface area contributed by atoms with Gasteiger partial charge in [0.2, 0.25) is 11.8 Å². The van der Waals surface area contributed by atoms with Crippen molar-refractivity contribution in [1.29, 1.82) is 0 Å². The summed E-state index contributed by atoms with van der Waals surface area (Å²) in [6, 6.07) is -0.0672. The molecule has 0 aliphatic carbocycles. The van der Waals surface area contributed by atoms with Crippen LogP contribution in [0.15, 0.2) is 0 Å². The average Bonchev–Trinajstić information content (AvgIpc) is 2.37. The third-order valence-electron chi connectivity index (χ3n) is 2.85. The maximum Gasteiger partial charge on any atom is 0.237 e. The minimum Gasteiger partial charge on any atom is -0.356 e. The van der Waals surface area contributed by atoms with E-state index in [-0.39, 0.29) is 17.9 Å². The zero-order valence-corrected chi connectivity index (χ0v) is 10.6. The standard InChI is InChI=1S/C12H23N3O2/c1-2-7-14-11(16)6-9-15-12(17)10-5-3-4-8-13-10/h10,13H,2-9H2,1H3,(H,14,16)(H,15,17)/t10-/m0/s1. The highest BCUT2D eigenvalue weighted by molar-refractivity contribution is 5.82.